The third-order valence-corrected chi connectivity index (χ3v) is 4.30. The Bertz CT molecular complexity index is 413. The summed E-state index contributed by atoms with van der Waals surface area (Å²) in [4.78, 5) is 4.66. The van der Waals surface area contributed by atoms with E-state index in [1.165, 1.54) is 44.9 Å². The standard InChI is InChI=1S/C17H31N5.HI/c1-2-18-17(20-13-15-22-14-7-12-21-22)19-11-6-5-10-16-8-3-4-9-16;/h7,12,14,16H,2-6,8-11,13,15H2,1H3,(H2,18,19,20);1H. The summed E-state index contributed by atoms with van der Waals surface area (Å²) in [5, 5.41) is 10.9. The average molecular weight is 433 g/mol. The molecule has 0 aliphatic heterocycles. The minimum absolute atomic E-state index is 0. The number of rotatable bonds is 9. The van der Waals surface area contributed by atoms with Crippen LogP contribution in [0.2, 0.25) is 0 Å². The van der Waals surface area contributed by atoms with Gasteiger partial charge in [0.2, 0.25) is 0 Å². The normalized spacial score (nSPS) is 15.4. The Morgan fingerprint density at radius 3 is 2.78 bits per heavy atom. The van der Waals surface area contributed by atoms with Gasteiger partial charge in [-0.1, -0.05) is 38.5 Å². The monoisotopic (exact) mass is 433 g/mol. The lowest BCUT2D eigenvalue weighted by molar-refractivity contribution is 0.475. The maximum atomic E-state index is 4.66. The van der Waals surface area contributed by atoms with Crippen molar-refractivity contribution < 1.29 is 0 Å². The molecule has 132 valence electrons. The van der Waals surface area contributed by atoms with Gasteiger partial charge in [0.05, 0.1) is 6.54 Å². The van der Waals surface area contributed by atoms with Crippen molar-refractivity contribution >= 4 is 29.9 Å². The van der Waals surface area contributed by atoms with Gasteiger partial charge in [-0.05, 0) is 25.3 Å². The lowest BCUT2D eigenvalue weighted by atomic mass is 10.0. The highest BCUT2D eigenvalue weighted by Gasteiger charge is 2.13. The van der Waals surface area contributed by atoms with Gasteiger partial charge in [0.1, 0.15) is 0 Å². The van der Waals surface area contributed by atoms with E-state index in [-0.39, 0.29) is 24.0 Å². The molecule has 5 nitrogen and oxygen atoms in total. The molecule has 0 bridgehead atoms. The summed E-state index contributed by atoms with van der Waals surface area (Å²) in [6.45, 7) is 5.62. The second-order valence-corrected chi connectivity index (χ2v) is 6.10. The first-order valence-corrected chi connectivity index (χ1v) is 8.88. The van der Waals surface area contributed by atoms with Crippen molar-refractivity contribution in [2.75, 3.05) is 19.6 Å². The molecule has 0 atom stereocenters. The van der Waals surface area contributed by atoms with Crippen LogP contribution in [0.5, 0.6) is 0 Å². The number of hydrogen-bond acceptors (Lipinski definition) is 2. The zero-order valence-corrected chi connectivity index (χ0v) is 16.7. The molecule has 1 heterocycles. The van der Waals surface area contributed by atoms with Gasteiger partial charge in [0.15, 0.2) is 5.96 Å². The predicted octanol–water partition coefficient (Wildman–Crippen LogP) is 3.42. The summed E-state index contributed by atoms with van der Waals surface area (Å²) >= 11 is 0. The lowest BCUT2D eigenvalue weighted by Gasteiger charge is -2.11. The first-order valence-electron chi connectivity index (χ1n) is 8.88. The van der Waals surface area contributed by atoms with Gasteiger partial charge < -0.3 is 10.6 Å². The third kappa shape index (κ3) is 8.58. The highest BCUT2D eigenvalue weighted by molar-refractivity contribution is 14.0. The molecule has 1 fully saturated rings. The van der Waals surface area contributed by atoms with Crippen LogP contribution in [0.1, 0.15) is 51.9 Å². The van der Waals surface area contributed by atoms with Crippen LogP contribution < -0.4 is 10.6 Å². The molecule has 1 aromatic heterocycles. The molecular formula is C17H32IN5. The molecular weight excluding hydrogens is 401 g/mol. The fourth-order valence-corrected chi connectivity index (χ4v) is 3.10. The van der Waals surface area contributed by atoms with E-state index in [0.29, 0.717) is 0 Å². The van der Waals surface area contributed by atoms with Crippen LogP contribution in [0, 0.1) is 5.92 Å². The van der Waals surface area contributed by atoms with E-state index in [1.807, 2.05) is 23.1 Å². The van der Waals surface area contributed by atoms with E-state index in [1.54, 1.807) is 0 Å². The Kier molecular flexibility index (Phi) is 11.1. The number of nitrogens with zero attached hydrogens (tertiary/aromatic N) is 3. The summed E-state index contributed by atoms with van der Waals surface area (Å²) in [5.41, 5.74) is 0. The topological polar surface area (TPSA) is 54.2 Å². The SMILES string of the molecule is CCNC(=NCCCCC1CCCC1)NCCn1cccn1.I. The number of aliphatic imine (C=N–C) groups is 1. The fraction of sp³-hybridized carbons (Fsp3) is 0.765. The maximum Gasteiger partial charge on any atom is 0.191 e. The Morgan fingerprint density at radius 1 is 1.26 bits per heavy atom. The van der Waals surface area contributed by atoms with Crippen LogP contribution in [0.15, 0.2) is 23.5 Å². The molecule has 1 aromatic rings. The summed E-state index contributed by atoms with van der Waals surface area (Å²) in [6.07, 6.45) is 13.5. The smallest absolute Gasteiger partial charge is 0.191 e. The van der Waals surface area contributed by atoms with E-state index in [9.17, 15) is 0 Å². The first-order chi connectivity index (χ1) is 10.9. The third-order valence-electron chi connectivity index (χ3n) is 4.30. The van der Waals surface area contributed by atoms with Gasteiger partial charge in [-0.15, -0.1) is 24.0 Å². The molecule has 0 saturated heterocycles. The molecule has 0 unspecified atom stereocenters. The number of aromatic nitrogens is 2. The van der Waals surface area contributed by atoms with Crippen molar-refractivity contribution in [3.63, 3.8) is 0 Å². The van der Waals surface area contributed by atoms with Crippen molar-refractivity contribution in [2.45, 2.75) is 58.4 Å². The van der Waals surface area contributed by atoms with E-state index in [0.717, 1.165) is 38.1 Å². The van der Waals surface area contributed by atoms with Crippen LogP contribution in [-0.2, 0) is 6.54 Å². The van der Waals surface area contributed by atoms with Crippen molar-refractivity contribution in [3.8, 4) is 0 Å². The van der Waals surface area contributed by atoms with E-state index in [4.69, 9.17) is 0 Å². The molecule has 0 spiro atoms. The van der Waals surface area contributed by atoms with Gasteiger partial charge in [0.25, 0.3) is 0 Å². The Labute approximate surface area is 157 Å². The van der Waals surface area contributed by atoms with E-state index in [2.05, 4.69) is 27.6 Å². The second kappa shape index (κ2) is 12.6. The van der Waals surface area contributed by atoms with Crippen molar-refractivity contribution in [1.29, 1.82) is 0 Å². The summed E-state index contributed by atoms with van der Waals surface area (Å²) in [6, 6.07) is 1.95. The molecule has 2 N–H and O–H groups in total. The molecule has 2 rings (SSSR count). The number of nitrogens with one attached hydrogen (secondary N) is 2. The van der Waals surface area contributed by atoms with Gasteiger partial charge in [-0.3, -0.25) is 9.67 Å². The molecule has 0 radical (unpaired) electrons. The van der Waals surface area contributed by atoms with E-state index >= 15 is 0 Å². The molecule has 6 heteroatoms. The van der Waals surface area contributed by atoms with Crippen LogP contribution in [0.4, 0.5) is 0 Å². The van der Waals surface area contributed by atoms with Gasteiger partial charge in [0, 0.05) is 32.0 Å². The molecule has 23 heavy (non-hydrogen) atoms. The molecule has 1 saturated carbocycles. The fourth-order valence-electron chi connectivity index (χ4n) is 3.10. The van der Waals surface area contributed by atoms with Crippen molar-refractivity contribution in [3.05, 3.63) is 18.5 Å². The second-order valence-electron chi connectivity index (χ2n) is 6.10. The molecule has 0 aromatic carbocycles. The number of guanidine groups is 1. The van der Waals surface area contributed by atoms with Crippen molar-refractivity contribution in [1.82, 2.24) is 20.4 Å². The maximum absolute atomic E-state index is 4.66. The number of unbranched alkanes of at least 4 members (excludes halogenated alkanes) is 1. The Hall–Kier alpha value is -0.790. The van der Waals surface area contributed by atoms with Gasteiger partial charge >= 0.3 is 0 Å². The number of halogens is 1. The lowest BCUT2D eigenvalue weighted by Crippen LogP contribution is -2.39. The number of hydrogen-bond donors (Lipinski definition) is 2. The molecule has 0 amide bonds. The highest BCUT2D eigenvalue weighted by Crippen LogP contribution is 2.28. The van der Waals surface area contributed by atoms with Crippen LogP contribution in [-0.4, -0.2) is 35.4 Å². The molecule has 1 aliphatic rings. The summed E-state index contributed by atoms with van der Waals surface area (Å²) in [5.74, 6) is 1.93. The average Bonchev–Trinajstić information content (AvgIpc) is 3.20. The zero-order valence-electron chi connectivity index (χ0n) is 14.3. The minimum Gasteiger partial charge on any atom is -0.357 e. The summed E-state index contributed by atoms with van der Waals surface area (Å²) in [7, 11) is 0. The van der Waals surface area contributed by atoms with Crippen LogP contribution >= 0.6 is 24.0 Å². The zero-order chi connectivity index (χ0) is 15.5. The van der Waals surface area contributed by atoms with Gasteiger partial charge in [-0.2, -0.15) is 5.10 Å². The van der Waals surface area contributed by atoms with E-state index < -0.39 is 0 Å². The van der Waals surface area contributed by atoms with Crippen LogP contribution in [0.25, 0.3) is 0 Å². The summed E-state index contributed by atoms with van der Waals surface area (Å²) < 4.78 is 1.93. The van der Waals surface area contributed by atoms with Crippen molar-refractivity contribution in [2.24, 2.45) is 10.9 Å². The predicted molar refractivity (Wildman–Crippen MR) is 107 cm³/mol. The molecule has 1 aliphatic carbocycles. The minimum atomic E-state index is 0. The van der Waals surface area contributed by atoms with Crippen LogP contribution in [0.3, 0.4) is 0 Å². The Morgan fingerprint density at radius 2 is 2.09 bits per heavy atom. The quantitative estimate of drug-likeness (QED) is 0.272. The highest BCUT2D eigenvalue weighted by atomic mass is 127. The Balaban J connectivity index is 0.00000264. The first kappa shape index (κ1) is 20.3. The largest absolute Gasteiger partial charge is 0.357 e. The van der Waals surface area contributed by atoms with Gasteiger partial charge in [-0.25, -0.2) is 0 Å².